The quantitative estimate of drug-likeness (QED) is 0.680. The van der Waals surface area contributed by atoms with Crippen LogP contribution in [0.5, 0.6) is 5.75 Å². The minimum atomic E-state index is -0.227. The number of piperidine rings is 1. The highest BCUT2D eigenvalue weighted by atomic mass is 16.5. The topological polar surface area (TPSA) is 83.8 Å². The van der Waals surface area contributed by atoms with Gasteiger partial charge in [-0.25, -0.2) is 4.79 Å². The lowest BCUT2D eigenvalue weighted by molar-refractivity contribution is 0.0892. The summed E-state index contributed by atoms with van der Waals surface area (Å²) in [4.78, 5) is 27.0. The first-order valence-corrected chi connectivity index (χ1v) is 10.0. The van der Waals surface area contributed by atoms with Crippen molar-refractivity contribution in [2.75, 3.05) is 25.5 Å². The molecule has 2 aromatic carbocycles. The normalized spacial score (nSPS) is 14.5. The molecule has 1 aromatic heterocycles. The molecular formula is C23H25N3O4. The maximum Gasteiger partial charge on any atom is 0.321 e. The maximum atomic E-state index is 12.8. The van der Waals surface area contributed by atoms with Crippen LogP contribution >= 0.6 is 0 Å². The van der Waals surface area contributed by atoms with Crippen molar-refractivity contribution >= 4 is 28.6 Å². The number of ether oxygens (including phenoxy) is 1. The second-order valence-electron chi connectivity index (χ2n) is 7.45. The molecule has 1 aliphatic rings. The molecule has 2 heterocycles. The summed E-state index contributed by atoms with van der Waals surface area (Å²) in [5.74, 6) is 0.817. The number of hydrogen-bond acceptors (Lipinski definition) is 4. The Kier molecular flexibility index (Phi) is 5.61. The Bertz CT molecular complexity index is 1050. The van der Waals surface area contributed by atoms with Gasteiger partial charge in [0, 0.05) is 35.8 Å². The van der Waals surface area contributed by atoms with Gasteiger partial charge >= 0.3 is 6.03 Å². The molecular weight excluding hydrogens is 382 g/mol. The lowest BCUT2D eigenvalue weighted by Crippen LogP contribution is -2.47. The van der Waals surface area contributed by atoms with Crippen molar-refractivity contribution in [1.29, 1.82) is 0 Å². The molecule has 0 unspecified atom stereocenters. The Morgan fingerprint density at radius 2 is 1.83 bits per heavy atom. The zero-order valence-electron chi connectivity index (χ0n) is 17.1. The van der Waals surface area contributed by atoms with E-state index in [1.54, 1.807) is 12.0 Å². The first-order chi connectivity index (χ1) is 14.5. The molecule has 156 valence electrons. The Morgan fingerprint density at radius 3 is 2.53 bits per heavy atom. The van der Waals surface area contributed by atoms with Gasteiger partial charge in [0.25, 0.3) is 5.91 Å². The Balaban J connectivity index is 1.35. The second kappa shape index (κ2) is 8.49. The third-order valence-corrected chi connectivity index (χ3v) is 5.49. The number of nitrogens with one attached hydrogen (secondary N) is 2. The largest absolute Gasteiger partial charge is 0.497 e. The number of urea groups is 1. The number of rotatable bonds is 4. The van der Waals surface area contributed by atoms with Crippen LogP contribution in [0, 0.1) is 6.92 Å². The Hall–Kier alpha value is -3.48. The fourth-order valence-corrected chi connectivity index (χ4v) is 3.75. The summed E-state index contributed by atoms with van der Waals surface area (Å²) in [6, 6.07) is 14.8. The maximum absolute atomic E-state index is 12.8. The van der Waals surface area contributed by atoms with Crippen LogP contribution in [-0.2, 0) is 0 Å². The third-order valence-electron chi connectivity index (χ3n) is 5.49. The number of furan rings is 1. The van der Waals surface area contributed by atoms with Crippen molar-refractivity contribution in [3.05, 3.63) is 59.9 Å². The molecule has 30 heavy (non-hydrogen) atoms. The summed E-state index contributed by atoms with van der Waals surface area (Å²) in [6.07, 6.45) is 1.39. The fourth-order valence-electron chi connectivity index (χ4n) is 3.75. The van der Waals surface area contributed by atoms with Crippen LogP contribution < -0.4 is 15.4 Å². The third kappa shape index (κ3) is 4.10. The van der Waals surface area contributed by atoms with Gasteiger partial charge in [0.05, 0.1) is 7.11 Å². The molecule has 1 aliphatic heterocycles. The van der Waals surface area contributed by atoms with Crippen LogP contribution in [0.4, 0.5) is 10.5 Å². The lowest BCUT2D eigenvalue weighted by Gasteiger charge is -2.32. The van der Waals surface area contributed by atoms with Crippen LogP contribution in [0.2, 0.25) is 0 Å². The van der Waals surface area contributed by atoms with E-state index in [1.165, 1.54) is 0 Å². The number of methoxy groups -OCH3 is 1. The van der Waals surface area contributed by atoms with Gasteiger partial charge < -0.3 is 24.7 Å². The van der Waals surface area contributed by atoms with Crippen molar-refractivity contribution in [2.24, 2.45) is 0 Å². The van der Waals surface area contributed by atoms with Crippen molar-refractivity contribution in [1.82, 2.24) is 10.2 Å². The zero-order valence-corrected chi connectivity index (χ0v) is 17.1. The predicted molar refractivity (Wildman–Crippen MR) is 115 cm³/mol. The zero-order chi connectivity index (χ0) is 21.1. The van der Waals surface area contributed by atoms with Crippen molar-refractivity contribution in [2.45, 2.75) is 25.8 Å². The number of fused-ring (bicyclic) bond motifs is 1. The van der Waals surface area contributed by atoms with Crippen molar-refractivity contribution < 1.29 is 18.7 Å². The van der Waals surface area contributed by atoms with Crippen LogP contribution in [0.15, 0.2) is 52.9 Å². The first-order valence-electron chi connectivity index (χ1n) is 10.0. The smallest absolute Gasteiger partial charge is 0.321 e. The number of likely N-dealkylation sites (tertiary alicyclic amines) is 1. The monoisotopic (exact) mass is 407 g/mol. The molecule has 3 amide bonds. The number of carbonyl (C=O) groups is 2. The number of nitrogens with zero attached hydrogens (tertiary/aromatic N) is 1. The number of hydrogen-bond donors (Lipinski definition) is 2. The van der Waals surface area contributed by atoms with Gasteiger partial charge in [-0.1, -0.05) is 18.2 Å². The number of para-hydroxylation sites is 1. The van der Waals surface area contributed by atoms with Gasteiger partial charge in [-0.05, 0) is 50.1 Å². The van der Waals surface area contributed by atoms with E-state index in [4.69, 9.17) is 9.15 Å². The molecule has 0 saturated carbocycles. The summed E-state index contributed by atoms with van der Waals surface area (Å²) in [7, 11) is 1.61. The van der Waals surface area contributed by atoms with Gasteiger partial charge in [0.1, 0.15) is 11.3 Å². The number of amides is 3. The fraction of sp³-hybridized carbons (Fsp3) is 0.304. The van der Waals surface area contributed by atoms with E-state index >= 15 is 0 Å². The average Bonchev–Trinajstić information content (AvgIpc) is 3.11. The van der Waals surface area contributed by atoms with Crippen LogP contribution in [0.1, 0.15) is 29.0 Å². The molecule has 7 heteroatoms. The molecule has 0 aliphatic carbocycles. The summed E-state index contributed by atoms with van der Waals surface area (Å²) in [5, 5.41) is 6.82. The van der Waals surface area contributed by atoms with E-state index in [9.17, 15) is 9.59 Å². The molecule has 1 fully saturated rings. The Labute approximate surface area is 175 Å². The van der Waals surface area contributed by atoms with E-state index in [0.717, 1.165) is 22.4 Å². The average molecular weight is 407 g/mol. The molecule has 7 nitrogen and oxygen atoms in total. The Morgan fingerprint density at radius 1 is 1.10 bits per heavy atom. The van der Waals surface area contributed by atoms with Crippen LogP contribution in [-0.4, -0.2) is 43.1 Å². The minimum Gasteiger partial charge on any atom is -0.497 e. The van der Waals surface area contributed by atoms with E-state index in [1.807, 2.05) is 55.5 Å². The van der Waals surface area contributed by atoms with Gasteiger partial charge in [-0.2, -0.15) is 0 Å². The van der Waals surface area contributed by atoms with Crippen molar-refractivity contribution in [3.8, 4) is 5.75 Å². The lowest BCUT2D eigenvalue weighted by atomic mass is 10.0. The second-order valence-corrected chi connectivity index (χ2v) is 7.45. The van der Waals surface area contributed by atoms with Crippen molar-refractivity contribution in [3.63, 3.8) is 0 Å². The highest BCUT2D eigenvalue weighted by molar-refractivity contribution is 5.99. The number of anilines is 1. The van der Waals surface area contributed by atoms with Gasteiger partial charge in [-0.3, -0.25) is 4.79 Å². The summed E-state index contributed by atoms with van der Waals surface area (Å²) < 4.78 is 11.0. The van der Waals surface area contributed by atoms with E-state index in [0.29, 0.717) is 37.3 Å². The summed E-state index contributed by atoms with van der Waals surface area (Å²) in [5.41, 5.74) is 2.22. The highest BCUT2D eigenvalue weighted by Crippen LogP contribution is 2.29. The number of aryl methyl sites for hydroxylation is 1. The number of benzene rings is 2. The molecule has 4 rings (SSSR count). The van der Waals surface area contributed by atoms with Gasteiger partial charge in [0.15, 0.2) is 5.76 Å². The molecule has 0 spiro atoms. The predicted octanol–water partition coefficient (Wildman–Crippen LogP) is 4.18. The van der Waals surface area contributed by atoms with Gasteiger partial charge in [0.2, 0.25) is 0 Å². The minimum absolute atomic E-state index is 0.000392. The standard InChI is InChI=1S/C23H25N3O4/c1-15-19-14-18(29-2)8-9-20(19)30-21(15)22(27)24-17-10-12-26(13-11-17)23(28)25-16-6-4-3-5-7-16/h3-9,14,17H,10-13H2,1-2H3,(H,24,27)(H,25,28). The van der Waals surface area contributed by atoms with Crippen LogP contribution in [0.3, 0.4) is 0 Å². The summed E-state index contributed by atoms with van der Waals surface area (Å²) in [6.45, 7) is 3.04. The molecule has 0 radical (unpaired) electrons. The molecule has 1 saturated heterocycles. The van der Waals surface area contributed by atoms with E-state index in [2.05, 4.69) is 10.6 Å². The number of carbonyl (C=O) groups excluding carboxylic acids is 2. The summed E-state index contributed by atoms with van der Waals surface area (Å²) >= 11 is 0. The van der Waals surface area contributed by atoms with Crippen LogP contribution in [0.25, 0.3) is 11.0 Å². The van der Waals surface area contributed by atoms with Gasteiger partial charge in [-0.15, -0.1) is 0 Å². The molecule has 2 N–H and O–H groups in total. The first kappa shape index (κ1) is 19.8. The van der Waals surface area contributed by atoms with E-state index in [-0.39, 0.29) is 18.0 Å². The van der Waals surface area contributed by atoms with E-state index < -0.39 is 0 Å². The molecule has 0 atom stereocenters. The molecule has 0 bridgehead atoms. The highest BCUT2D eigenvalue weighted by Gasteiger charge is 2.26. The SMILES string of the molecule is COc1ccc2oc(C(=O)NC3CCN(C(=O)Nc4ccccc4)CC3)c(C)c2c1. The molecule has 3 aromatic rings.